The summed E-state index contributed by atoms with van der Waals surface area (Å²) >= 11 is 0. The average Bonchev–Trinajstić information content (AvgIpc) is 3.34. The van der Waals surface area contributed by atoms with Crippen LogP contribution in [0, 0.1) is 10.1 Å². The molecule has 0 aliphatic rings. The van der Waals surface area contributed by atoms with Gasteiger partial charge >= 0.3 is 0 Å². The second-order valence-electron chi connectivity index (χ2n) is 6.89. The van der Waals surface area contributed by atoms with Crippen molar-refractivity contribution in [1.82, 2.24) is 14.8 Å². The molecular weight excluding hydrogens is 426 g/mol. The topological polar surface area (TPSA) is 121 Å². The minimum absolute atomic E-state index is 0.0638. The van der Waals surface area contributed by atoms with Crippen LogP contribution in [0.2, 0.25) is 0 Å². The Balaban J connectivity index is 1.48. The number of amides is 1. The first kappa shape index (κ1) is 21.5. The normalized spacial score (nSPS) is 10.5. The third kappa shape index (κ3) is 5.13. The number of nitrogens with one attached hydrogen (secondary N) is 1. The standard InChI is InChI=1S/C23H19N5O5/c1-32-21-8-7-17(12-22(21)33-15-16-4-3-10-24-14-16)25-23(29)20-9-11-27(26-20)18-5-2-6-19(13-18)28(30)31/h2-14H,15H2,1H3,(H,25,29). The van der Waals surface area contributed by atoms with E-state index in [2.05, 4.69) is 15.4 Å². The highest BCUT2D eigenvalue weighted by Crippen LogP contribution is 2.31. The number of rotatable bonds is 8. The number of nitro benzene ring substituents is 1. The number of pyridine rings is 1. The van der Waals surface area contributed by atoms with E-state index < -0.39 is 10.8 Å². The van der Waals surface area contributed by atoms with E-state index in [1.165, 1.54) is 30.0 Å². The molecule has 0 saturated heterocycles. The summed E-state index contributed by atoms with van der Waals surface area (Å²) in [6.45, 7) is 0.287. The number of ether oxygens (including phenoxy) is 2. The number of benzene rings is 2. The van der Waals surface area contributed by atoms with Crippen LogP contribution in [0.4, 0.5) is 11.4 Å². The van der Waals surface area contributed by atoms with Crippen molar-refractivity contribution in [3.63, 3.8) is 0 Å². The van der Waals surface area contributed by atoms with Gasteiger partial charge in [-0.1, -0.05) is 12.1 Å². The smallest absolute Gasteiger partial charge is 0.276 e. The van der Waals surface area contributed by atoms with Crippen molar-refractivity contribution in [1.29, 1.82) is 0 Å². The van der Waals surface area contributed by atoms with Gasteiger partial charge in [-0.3, -0.25) is 19.9 Å². The molecule has 1 N–H and O–H groups in total. The Morgan fingerprint density at radius 1 is 1.12 bits per heavy atom. The van der Waals surface area contributed by atoms with Crippen LogP contribution in [-0.2, 0) is 6.61 Å². The summed E-state index contributed by atoms with van der Waals surface area (Å²) in [5, 5.41) is 18.0. The fourth-order valence-electron chi connectivity index (χ4n) is 3.04. The highest BCUT2D eigenvalue weighted by atomic mass is 16.6. The lowest BCUT2D eigenvalue weighted by atomic mass is 10.2. The molecule has 10 heteroatoms. The first-order valence-corrected chi connectivity index (χ1v) is 9.85. The number of nitro groups is 1. The quantitative estimate of drug-likeness (QED) is 0.321. The first-order chi connectivity index (χ1) is 16.0. The number of non-ortho nitro benzene ring substituents is 1. The van der Waals surface area contributed by atoms with E-state index in [0.29, 0.717) is 22.9 Å². The lowest BCUT2D eigenvalue weighted by Crippen LogP contribution is -2.13. The molecule has 1 amide bonds. The summed E-state index contributed by atoms with van der Waals surface area (Å²) < 4.78 is 12.6. The van der Waals surface area contributed by atoms with Crippen molar-refractivity contribution in [2.75, 3.05) is 12.4 Å². The molecule has 0 spiro atoms. The maximum absolute atomic E-state index is 12.7. The molecule has 10 nitrogen and oxygen atoms in total. The fourth-order valence-corrected chi connectivity index (χ4v) is 3.04. The maximum atomic E-state index is 12.7. The summed E-state index contributed by atoms with van der Waals surface area (Å²) in [5.74, 6) is 0.538. The summed E-state index contributed by atoms with van der Waals surface area (Å²) in [6, 6.07) is 16.3. The van der Waals surface area contributed by atoms with E-state index >= 15 is 0 Å². The van der Waals surface area contributed by atoms with Gasteiger partial charge in [-0.2, -0.15) is 5.10 Å². The Bertz CT molecular complexity index is 1290. The van der Waals surface area contributed by atoms with E-state index in [4.69, 9.17) is 9.47 Å². The van der Waals surface area contributed by atoms with Crippen LogP contribution in [-0.4, -0.2) is 32.7 Å². The van der Waals surface area contributed by atoms with Gasteiger partial charge < -0.3 is 14.8 Å². The Morgan fingerprint density at radius 3 is 2.76 bits per heavy atom. The predicted molar refractivity (Wildman–Crippen MR) is 120 cm³/mol. The number of anilines is 1. The molecular formula is C23H19N5O5. The van der Waals surface area contributed by atoms with Crippen LogP contribution in [0.1, 0.15) is 16.1 Å². The Hall–Kier alpha value is -4.73. The summed E-state index contributed by atoms with van der Waals surface area (Å²) in [7, 11) is 1.53. The molecule has 4 rings (SSSR count). The number of hydrogen-bond acceptors (Lipinski definition) is 7. The molecule has 0 aliphatic heterocycles. The Kier molecular flexibility index (Phi) is 6.26. The SMILES string of the molecule is COc1ccc(NC(=O)c2ccn(-c3cccc([N+](=O)[O-])c3)n2)cc1OCc1cccnc1. The molecule has 0 atom stereocenters. The van der Waals surface area contributed by atoms with E-state index in [-0.39, 0.29) is 18.0 Å². The number of carbonyl (C=O) groups is 1. The summed E-state index contributed by atoms with van der Waals surface area (Å²) in [4.78, 5) is 27.3. The van der Waals surface area contributed by atoms with Crippen molar-refractivity contribution in [3.05, 3.63) is 101 Å². The monoisotopic (exact) mass is 445 g/mol. The molecule has 4 aromatic rings. The summed E-state index contributed by atoms with van der Waals surface area (Å²) in [6.07, 6.45) is 4.95. The minimum atomic E-state index is -0.488. The van der Waals surface area contributed by atoms with Gasteiger partial charge in [0, 0.05) is 48.0 Å². The summed E-state index contributed by atoms with van der Waals surface area (Å²) in [5.41, 5.74) is 1.94. The number of hydrogen-bond donors (Lipinski definition) is 1. The fraction of sp³-hybridized carbons (Fsp3) is 0.0870. The van der Waals surface area contributed by atoms with Crippen molar-refractivity contribution in [3.8, 4) is 17.2 Å². The van der Waals surface area contributed by atoms with Crippen molar-refractivity contribution in [2.45, 2.75) is 6.61 Å². The van der Waals surface area contributed by atoms with Crippen LogP contribution >= 0.6 is 0 Å². The van der Waals surface area contributed by atoms with E-state index in [1.54, 1.807) is 48.9 Å². The maximum Gasteiger partial charge on any atom is 0.276 e. The highest BCUT2D eigenvalue weighted by molar-refractivity contribution is 6.03. The van der Waals surface area contributed by atoms with Gasteiger partial charge in [-0.25, -0.2) is 4.68 Å². The van der Waals surface area contributed by atoms with Crippen LogP contribution in [0.5, 0.6) is 11.5 Å². The van der Waals surface area contributed by atoms with Gasteiger partial charge in [0.15, 0.2) is 17.2 Å². The van der Waals surface area contributed by atoms with Crippen molar-refractivity contribution < 1.29 is 19.2 Å². The molecule has 0 aliphatic carbocycles. The van der Waals surface area contributed by atoms with Gasteiger partial charge in [-0.15, -0.1) is 0 Å². The first-order valence-electron chi connectivity index (χ1n) is 9.85. The third-order valence-electron chi connectivity index (χ3n) is 4.67. The van der Waals surface area contributed by atoms with Crippen LogP contribution in [0.15, 0.2) is 79.3 Å². The molecule has 2 aromatic heterocycles. The van der Waals surface area contributed by atoms with Crippen molar-refractivity contribution in [2.24, 2.45) is 0 Å². The number of nitrogens with zero attached hydrogens (tertiary/aromatic N) is 4. The molecule has 2 heterocycles. The van der Waals surface area contributed by atoms with Gasteiger partial charge in [0.25, 0.3) is 11.6 Å². The molecule has 0 bridgehead atoms. The van der Waals surface area contributed by atoms with Crippen LogP contribution < -0.4 is 14.8 Å². The number of aromatic nitrogens is 3. The lowest BCUT2D eigenvalue weighted by molar-refractivity contribution is -0.384. The van der Waals surface area contributed by atoms with Crippen LogP contribution in [0.25, 0.3) is 5.69 Å². The zero-order valence-electron chi connectivity index (χ0n) is 17.5. The number of carbonyl (C=O) groups excluding carboxylic acids is 1. The third-order valence-corrected chi connectivity index (χ3v) is 4.67. The van der Waals surface area contributed by atoms with E-state index in [1.807, 2.05) is 12.1 Å². The zero-order chi connectivity index (χ0) is 23.2. The van der Waals surface area contributed by atoms with E-state index in [9.17, 15) is 14.9 Å². The molecule has 2 aromatic carbocycles. The molecule has 0 saturated carbocycles. The highest BCUT2D eigenvalue weighted by Gasteiger charge is 2.14. The van der Waals surface area contributed by atoms with E-state index in [0.717, 1.165) is 5.56 Å². The molecule has 166 valence electrons. The number of methoxy groups -OCH3 is 1. The Morgan fingerprint density at radius 2 is 2.00 bits per heavy atom. The molecule has 33 heavy (non-hydrogen) atoms. The van der Waals surface area contributed by atoms with Crippen LogP contribution in [0.3, 0.4) is 0 Å². The lowest BCUT2D eigenvalue weighted by Gasteiger charge is -2.12. The second-order valence-corrected chi connectivity index (χ2v) is 6.89. The Labute approximate surface area is 188 Å². The van der Waals surface area contributed by atoms with Gasteiger partial charge in [0.1, 0.15) is 6.61 Å². The average molecular weight is 445 g/mol. The predicted octanol–water partition coefficient (Wildman–Crippen LogP) is 4.02. The molecule has 0 fully saturated rings. The molecule has 0 radical (unpaired) electrons. The zero-order valence-corrected chi connectivity index (χ0v) is 17.5. The van der Waals surface area contributed by atoms with Gasteiger partial charge in [0.05, 0.1) is 17.7 Å². The second kappa shape index (κ2) is 9.60. The largest absolute Gasteiger partial charge is 0.493 e. The minimum Gasteiger partial charge on any atom is -0.493 e. The van der Waals surface area contributed by atoms with Crippen molar-refractivity contribution >= 4 is 17.3 Å². The van der Waals surface area contributed by atoms with Gasteiger partial charge in [0.2, 0.25) is 0 Å². The molecule has 0 unspecified atom stereocenters. The van der Waals surface area contributed by atoms with Gasteiger partial charge in [-0.05, 0) is 30.3 Å².